The highest BCUT2D eigenvalue weighted by Crippen LogP contribution is 2.35. The van der Waals surface area contributed by atoms with Crippen LogP contribution in [0.5, 0.6) is 5.75 Å². The molecule has 0 radical (unpaired) electrons. The fraction of sp³-hybridized carbons (Fsp3) is 0.227. The first-order valence-corrected chi connectivity index (χ1v) is 9.00. The zero-order valence-corrected chi connectivity index (χ0v) is 14.9. The van der Waals surface area contributed by atoms with Crippen LogP contribution < -0.4 is 10.4 Å². The minimum atomic E-state index is -0.394. The lowest BCUT2D eigenvalue weighted by molar-refractivity contribution is 0.114. The monoisotopic (exact) mass is 364 g/mol. The average Bonchev–Trinajstić information content (AvgIpc) is 3.15. The van der Waals surface area contributed by atoms with Gasteiger partial charge in [-0.15, -0.1) is 0 Å². The molecule has 138 valence electrons. The molecule has 0 N–H and O–H groups in total. The Morgan fingerprint density at radius 3 is 2.56 bits per heavy atom. The first kappa shape index (κ1) is 17.4. The molecule has 0 aliphatic rings. The van der Waals surface area contributed by atoms with Crippen molar-refractivity contribution in [1.82, 2.24) is 0 Å². The number of furan rings is 1. The summed E-state index contributed by atoms with van der Waals surface area (Å²) in [6, 6.07) is 16.8. The maximum absolute atomic E-state index is 11.5. The molecule has 0 atom stereocenters. The van der Waals surface area contributed by atoms with Crippen LogP contribution in [0.2, 0.25) is 0 Å². The SMILES string of the molecule is O=c1ccc2c(OCCCCOCc3ccccc3)c3ccoc3cc2o1. The first-order valence-electron chi connectivity index (χ1n) is 9.00. The third-order valence-corrected chi connectivity index (χ3v) is 4.35. The van der Waals surface area contributed by atoms with Gasteiger partial charge in [0.1, 0.15) is 16.9 Å². The van der Waals surface area contributed by atoms with E-state index in [-0.39, 0.29) is 0 Å². The summed E-state index contributed by atoms with van der Waals surface area (Å²) in [6.07, 6.45) is 3.37. The van der Waals surface area contributed by atoms with Crippen LogP contribution in [0.4, 0.5) is 0 Å². The third kappa shape index (κ3) is 4.04. The minimum Gasteiger partial charge on any atom is -0.492 e. The van der Waals surface area contributed by atoms with Gasteiger partial charge in [-0.2, -0.15) is 0 Å². The summed E-state index contributed by atoms with van der Waals surface area (Å²) in [5.41, 5.74) is 1.88. The van der Waals surface area contributed by atoms with Gasteiger partial charge in [-0.05, 0) is 30.5 Å². The Bertz CT molecular complexity index is 1080. The molecule has 0 aliphatic carbocycles. The summed E-state index contributed by atoms with van der Waals surface area (Å²) < 4.78 is 22.4. The number of benzene rings is 2. The molecular weight excluding hydrogens is 344 g/mol. The van der Waals surface area contributed by atoms with Gasteiger partial charge in [0, 0.05) is 18.7 Å². The molecule has 0 aliphatic heterocycles. The summed E-state index contributed by atoms with van der Waals surface area (Å²) in [7, 11) is 0. The normalized spacial score (nSPS) is 11.3. The standard InChI is InChI=1S/C22H20O5/c23-21-9-8-17-20(27-21)14-19-18(10-13-25-19)22(17)26-12-5-4-11-24-15-16-6-2-1-3-7-16/h1-3,6-10,13-14H,4-5,11-12,15H2. The van der Waals surface area contributed by atoms with Gasteiger partial charge in [0.15, 0.2) is 0 Å². The number of fused-ring (bicyclic) bond motifs is 2. The molecular formula is C22H20O5. The van der Waals surface area contributed by atoms with Crippen LogP contribution in [0.1, 0.15) is 18.4 Å². The number of rotatable bonds is 8. The fourth-order valence-electron chi connectivity index (χ4n) is 3.01. The molecule has 2 heterocycles. The van der Waals surface area contributed by atoms with Crippen molar-refractivity contribution < 1.29 is 18.3 Å². The second kappa shape index (κ2) is 8.10. The Hall–Kier alpha value is -3.05. The molecule has 0 bridgehead atoms. The lowest BCUT2D eigenvalue weighted by Crippen LogP contribution is -2.02. The smallest absolute Gasteiger partial charge is 0.336 e. The van der Waals surface area contributed by atoms with Crippen LogP contribution >= 0.6 is 0 Å². The minimum absolute atomic E-state index is 0.394. The second-order valence-corrected chi connectivity index (χ2v) is 6.30. The van der Waals surface area contributed by atoms with E-state index in [1.54, 1.807) is 18.4 Å². The Labute approximate surface area is 156 Å². The number of hydrogen-bond donors (Lipinski definition) is 0. The topological polar surface area (TPSA) is 61.8 Å². The van der Waals surface area contributed by atoms with Crippen LogP contribution in [0.25, 0.3) is 21.9 Å². The quantitative estimate of drug-likeness (QED) is 0.328. The van der Waals surface area contributed by atoms with E-state index in [0.717, 1.165) is 23.6 Å². The summed E-state index contributed by atoms with van der Waals surface area (Å²) in [4.78, 5) is 11.5. The second-order valence-electron chi connectivity index (χ2n) is 6.30. The van der Waals surface area contributed by atoms with E-state index < -0.39 is 5.63 Å². The lowest BCUT2D eigenvalue weighted by Gasteiger charge is -2.10. The molecule has 5 nitrogen and oxygen atoms in total. The fourth-order valence-corrected chi connectivity index (χ4v) is 3.01. The first-order chi connectivity index (χ1) is 13.3. The van der Waals surface area contributed by atoms with Crippen molar-refractivity contribution in [2.24, 2.45) is 0 Å². The third-order valence-electron chi connectivity index (χ3n) is 4.35. The summed E-state index contributed by atoms with van der Waals surface area (Å²) in [5, 5.41) is 1.64. The molecule has 2 aromatic carbocycles. The molecule has 5 heteroatoms. The zero-order valence-electron chi connectivity index (χ0n) is 14.9. The van der Waals surface area contributed by atoms with Crippen LogP contribution in [0.15, 0.2) is 74.5 Å². The van der Waals surface area contributed by atoms with E-state index in [9.17, 15) is 4.79 Å². The van der Waals surface area contributed by atoms with Gasteiger partial charge in [-0.3, -0.25) is 0 Å². The van der Waals surface area contributed by atoms with Crippen molar-refractivity contribution in [3.63, 3.8) is 0 Å². The van der Waals surface area contributed by atoms with Gasteiger partial charge in [0.25, 0.3) is 0 Å². The lowest BCUT2D eigenvalue weighted by atomic mass is 10.1. The highest BCUT2D eigenvalue weighted by atomic mass is 16.5. The number of unbranched alkanes of at least 4 members (excludes halogenated alkanes) is 1. The molecule has 0 fully saturated rings. The van der Waals surface area contributed by atoms with Crippen LogP contribution in [-0.2, 0) is 11.3 Å². The van der Waals surface area contributed by atoms with Crippen LogP contribution in [0, 0.1) is 0 Å². The van der Waals surface area contributed by atoms with Gasteiger partial charge < -0.3 is 18.3 Å². The van der Waals surface area contributed by atoms with Crippen LogP contribution in [0.3, 0.4) is 0 Å². The molecule has 0 unspecified atom stereocenters. The summed E-state index contributed by atoms with van der Waals surface area (Å²) in [5.74, 6) is 0.685. The predicted octanol–water partition coefficient (Wildman–Crippen LogP) is 4.92. The highest BCUT2D eigenvalue weighted by Gasteiger charge is 2.13. The maximum Gasteiger partial charge on any atom is 0.336 e. The van der Waals surface area contributed by atoms with Crippen molar-refractivity contribution in [2.75, 3.05) is 13.2 Å². The van der Waals surface area contributed by atoms with Crippen molar-refractivity contribution in [3.8, 4) is 5.75 Å². The highest BCUT2D eigenvalue weighted by molar-refractivity contribution is 6.01. The number of hydrogen-bond acceptors (Lipinski definition) is 5. The van der Waals surface area contributed by atoms with Crippen molar-refractivity contribution >= 4 is 21.9 Å². The van der Waals surface area contributed by atoms with Gasteiger partial charge in [0.2, 0.25) is 0 Å². The van der Waals surface area contributed by atoms with Gasteiger partial charge in [-0.1, -0.05) is 30.3 Å². The zero-order chi connectivity index (χ0) is 18.5. The van der Waals surface area contributed by atoms with Gasteiger partial charge in [-0.25, -0.2) is 4.79 Å². The van der Waals surface area contributed by atoms with E-state index in [2.05, 4.69) is 12.1 Å². The largest absolute Gasteiger partial charge is 0.492 e. The summed E-state index contributed by atoms with van der Waals surface area (Å²) >= 11 is 0. The van der Waals surface area contributed by atoms with Gasteiger partial charge in [0.05, 0.1) is 30.2 Å². The van der Waals surface area contributed by atoms with Crippen molar-refractivity contribution in [2.45, 2.75) is 19.4 Å². The molecule has 0 amide bonds. The molecule has 0 spiro atoms. The van der Waals surface area contributed by atoms with E-state index in [0.29, 0.717) is 36.7 Å². The predicted molar refractivity (Wildman–Crippen MR) is 103 cm³/mol. The molecule has 4 rings (SSSR count). The Kier molecular flexibility index (Phi) is 5.21. The molecule has 4 aromatic rings. The molecule has 2 aromatic heterocycles. The molecule has 27 heavy (non-hydrogen) atoms. The van der Waals surface area contributed by atoms with Crippen molar-refractivity contribution in [1.29, 1.82) is 0 Å². The summed E-state index contributed by atoms with van der Waals surface area (Å²) in [6.45, 7) is 1.86. The Morgan fingerprint density at radius 2 is 1.67 bits per heavy atom. The Balaban J connectivity index is 1.34. The van der Waals surface area contributed by atoms with Gasteiger partial charge >= 0.3 is 5.63 Å². The van der Waals surface area contributed by atoms with E-state index in [1.165, 1.54) is 11.6 Å². The van der Waals surface area contributed by atoms with E-state index in [1.807, 2.05) is 24.3 Å². The maximum atomic E-state index is 11.5. The van der Waals surface area contributed by atoms with Crippen molar-refractivity contribution in [3.05, 3.63) is 76.8 Å². The van der Waals surface area contributed by atoms with E-state index in [4.69, 9.17) is 18.3 Å². The Morgan fingerprint density at radius 1 is 0.852 bits per heavy atom. The molecule has 0 saturated heterocycles. The average molecular weight is 364 g/mol. The van der Waals surface area contributed by atoms with Crippen LogP contribution in [-0.4, -0.2) is 13.2 Å². The molecule has 0 saturated carbocycles. The van der Waals surface area contributed by atoms with E-state index >= 15 is 0 Å². The number of ether oxygens (including phenoxy) is 2.